The number of carboxylic acids is 1. The van der Waals surface area contributed by atoms with E-state index in [1.165, 1.54) is 6.20 Å². The zero-order valence-corrected chi connectivity index (χ0v) is 17.2. The van der Waals surface area contributed by atoms with Crippen molar-refractivity contribution in [1.82, 2.24) is 9.55 Å². The van der Waals surface area contributed by atoms with Crippen LogP contribution in [-0.4, -0.2) is 50.1 Å². The van der Waals surface area contributed by atoms with Crippen molar-refractivity contribution in [1.29, 1.82) is 0 Å². The third-order valence-corrected chi connectivity index (χ3v) is 5.98. The summed E-state index contributed by atoms with van der Waals surface area (Å²) < 4.78 is 7.88. The largest absolute Gasteiger partial charge is 0.477 e. The Bertz CT molecular complexity index is 1280. The number of rotatable bonds is 6. The lowest BCUT2D eigenvalue weighted by Crippen LogP contribution is -2.23. The van der Waals surface area contributed by atoms with E-state index in [9.17, 15) is 19.8 Å². The van der Waals surface area contributed by atoms with Gasteiger partial charge in [-0.3, -0.25) is 4.79 Å². The number of hydrogen-bond donors (Lipinski definition) is 4. The van der Waals surface area contributed by atoms with E-state index in [2.05, 4.69) is 10.3 Å². The molecule has 5 rings (SSSR count). The monoisotopic (exact) mass is 437 g/mol. The molecule has 1 aromatic carbocycles. The number of aromatic carboxylic acids is 1. The first-order chi connectivity index (χ1) is 15.5. The molecule has 0 bridgehead atoms. The summed E-state index contributed by atoms with van der Waals surface area (Å²) in [6.45, 7) is 0.454. The molecule has 2 aliphatic rings. The van der Waals surface area contributed by atoms with Gasteiger partial charge in [-0.05, 0) is 36.1 Å². The van der Waals surface area contributed by atoms with E-state index < -0.39 is 17.5 Å². The van der Waals surface area contributed by atoms with Gasteiger partial charge in [0.05, 0.1) is 31.4 Å². The quantitative estimate of drug-likeness (QED) is 0.459. The number of aliphatic hydroxyl groups is 2. The first-order valence-corrected chi connectivity index (χ1v) is 10.5. The van der Waals surface area contributed by atoms with Gasteiger partial charge in [-0.2, -0.15) is 0 Å². The van der Waals surface area contributed by atoms with Crippen LogP contribution >= 0.6 is 0 Å². The molecule has 9 heteroatoms. The highest BCUT2D eigenvalue weighted by molar-refractivity contribution is 5.96. The Labute approximate surface area is 182 Å². The number of pyridine rings is 2. The minimum Gasteiger partial charge on any atom is -0.477 e. The molecule has 0 saturated heterocycles. The Morgan fingerprint density at radius 2 is 2.09 bits per heavy atom. The number of benzene rings is 1. The highest BCUT2D eigenvalue weighted by Crippen LogP contribution is 2.41. The van der Waals surface area contributed by atoms with Crippen molar-refractivity contribution in [2.45, 2.75) is 38.2 Å². The Morgan fingerprint density at radius 1 is 1.28 bits per heavy atom. The molecule has 1 fully saturated rings. The highest BCUT2D eigenvalue weighted by atomic mass is 16.5. The van der Waals surface area contributed by atoms with Crippen LogP contribution in [-0.2, 0) is 18.0 Å². The van der Waals surface area contributed by atoms with Crippen LogP contribution in [0.3, 0.4) is 0 Å². The molecule has 1 aliphatic heterocycles. The zero-order chi connectivity index (χ0) is 22.4. The highest BCUT2D eigenvalue weighted by Gasteiger charge is 2.29. The van der Waals surface area contributed by atoms with E-state index >= 15 is 0 Å². The van der Waals surface area contributed by atoms with Crippen molar-refractivity contribution < 1.29 is 24.9 Å². The van der Waals surface area contributed by atoms with Crippen molar-refractivity contribution in [3.63, 3.8) is 0 Å². The van der Waals surface area contributed by atoms with Gasteiger partial charge in [-0.1, -0.05) is 6.07 Å². The molecule has 0 unspecified atom stereocenters. The maximum Gasteiger partial charge on any atom is 0.341 e. The predicted octanol–water partition coefficient (Wildman–Crippen LogP) is 1.89. The molecule has 166 valence electrons. The van der Waals surface area contributed by atoms with Gasteiger partial charge in [0.15, 0.2) is 0 Å². The van der Waals surface area contributed by atoms with E-state index in [0.29, 0.717) is 17.8 Å². The molecule has 0 radical (unpaired) electrons. The standard InChI is InChI=1S/C23H23N3O6/c27-9-14(28)6-24-20-5-12-10-32-11-19-15(17(12)7-25-20)3-4-16-21(19)26(13-1-2-13)8-18(22(16)29)23(30)31/h3-5,7-8,13-14,27-28H,1-2,6,9-11H2,(H,24,25)(H,30,31)/t14-/m1/s1. The number of aliphatic hydroxyl groups excluding tert-OH is 2. The van der Waals surface area contributed by atoms with Crippen molar-refractivity contribution in [2.75, 3.05) is 18.5 Å². The van der Waals surface area contributed by atoms with Crippen LogP contribution in [0.1, 0.15) is 40.4 Å². The minimum atomic E-state index is -1.22. The Balaban J connectivity index is 1.65. The average Bonchev–Trinajstić information content (AvgIpc) is 3.64. The number of nitrogens with one attached hydrogen (secondary N) is 1. The third kappa shape index (κ3) is 3.54. The number of ether oxygens (including phenoxy) is 1. The number of carbonyl (C=O) groups is 1. The smallest absolute Gasteiger partial charge is 0.341 e. The third-order valence-electron chi connectivity index (χ3n) is 5.98. The van der Waals surface area contributed by atoms with Gasteiger partial charge in [-0.25, -0.2) is 9.78 Å². The fourth-order valence-corrected chi connectivity index (χ4v) is 4.22. The maximum absolute atomic E-state index is 12.9. The van der Waals surface area contributed by atoms with Crippen LogP contribution < -0.4 is 10.7 Å². The van der Waals surface area contributed by atoms with E-state index in [-0.39, 0.29) is 31.4 Å². The molecule has 0 spiro atoms. The molecule has 3 aromatic rings. The van der Waals surface area contributed by atoms with Crippen LogP contribution in [0.5, 0.6) is 0 Å². The molecular weight excluding hydrogens is 414 g/mol. The number of anilines is 1. The summed E-state index contributed by atoms with van der Waals surface area (Å²) in [6.07, 6.45) is 4.19. The number of nitrogens with zero attached hydrogens (tertiary/aromatic N) is 2. The van der Waals surface area contributed by atoms with Crippen molar-refractivity contribution >= 4 is 22.7 Å². The van der Waals surface area contributed by atoms with Crippen LogP contribution in [0.15, 0.2) is 35.4 Å². The first-order valence-electron chi connectivity index (χ1n) is 10.5. The van der Waals surface area contributed by atoms with Crippen molar-refractivity contribution in [2.24, 2.45) is 0 Å². The molecule has 3 heterocycles. The molecule has 2 aromatic heterocycles. The lowest BCUT2D eigenvalue weighted by atomic mass is 9.95. The number of carboxylic acid groups (broad SMARTS) is 1. The van der Waals surface area contributed by atoms with Gasteiger partial charge >= 0.3 is 5.97 Å². The fraction of sp³-hybridized carbons (Fsp3) is 0.348. The summed E-state index contributed by atoms with van der Waals surface area (Å²) in [5.74, 6) is -0.663. The zero-order valence-electron chi connectivity index (χ0n) is 17.2. The number of fused-ring (bicyclic) bond motifs is 5. The average molecular weight is 437 g/mol. The summed E-state index contributed by atoms with van der Waals surface area (Å²) >= 11 is 0. The first kappa shape index (κ1) is 20.6. The van der Waals surface area contributed by atoms with Crippen LogP contribution in [0, 0.1) is 0 Å². The summed E-state index contributed by atoms with van der Waals surface area (Å²) in [6, 6.07) is 5.55. The van der Waals surface area contributed by atoms with E-state index in [0.717, 1.165) is 40.6 Å². The van der Waals surface area contributed by atoms with Crippen molar-refractivity contribution in [3.05, 3.63) is 57.5 Å². The van der Waals surface area contributed by atoms with Gasteiger partial charge < -0.3 is 29.9 Å². The molecule has 9 nitrogen and oxygen atoms in total. The second-order valence-electron chi connectivity index (χ2n) is 8.24. The SMILES string of the molecule is O=C(O)c1cn(C2CC2)c2c3c(ccc2c1=O)-c1cnc(NC[C@@H](O)CO)cc1COC3. The Morgan fingerprint density at radius 3 is 2.81 bits per heavy atom. The van der Waals surface area contributed by atoms with Crippen molar-refractivity contribution in [3.8, 4) is 11.1 Å². The molecule has 1 aliphatic carbocycles. The van der Waals surface area contributed by atoms with E-state index in [1.807, 2.05) is 16.7 Å². The van der Waals surface area contributed by atoms with Gasteiger partial charge in [0.1, 0.15) is 11.4 Å². The molecule has 0 amide bonds. The van der Waals surface area contributed by atoms with Gasteiger partial charge in [0.2, 0.25) is 5.43 Å². The normalized spacial score (nSPS) is 16.2. The minimum absolute atomic E-state index is 0.171. The molecule has 32 heavy (non-hydrogen) atoms. The Kier molecular flexibility index (Phi) is 5.16. The van der Waals surface area contributed by atoms with Crippen LogP contribution in [0.25, 0.3) is 22.0 Å². The van der Waals surface area contributed by atoms with Crippen LogP contribution in [0.4, 0.5) is 5.82 Å². The fourth-order valence-electron chi connectivity index (χ4n) is 4.22. The summed E-state index contributed by atoms with van der Waals surface area (Å²) in [7, 11) is 0. The predicted molar refractivity (Wildman–Crippen MR) is 117 cm³/mol. The Hall–Kier alpha value is -3.27. The summed E-state index contributed by atoms with van der Waals surface area (Å²) in [4.78, 5) is 29.0. The molecular formula is C23H23N3O6. The molecule has 1 saturated carbocycles. The lowest BCUT2D eigenvalue weighted by molar-refractivity contribution is 0.0695. The number of aromatic nitrogens is 2. The van der Waals surface area contributed by atoms with Crippen LogP contribution in [0.2, 0.25) is 0 Å². The number of hydrogen-bond acceptors (Lipinski definition) is 7. The summed E-state index contributed by atoms with van der Waals surface area (Å²) in [5, 5.41) is 31.4. The van der Waals surface area contributed by atoms with Gasteiger partial charge in [-0.15, -0.1) is 0 Å². The lowest BCUT2D eigenvalue weighted by Gasteiger charge is -2.17. The van der Waals surface area contributed by atoms with E-state index in [1.54, 1.807) is 12.3 Å². The second kappa shape index (κ2) is 8.01. The van der Waals surface area contributed by atoms with E-state index in [4.69, 9.17) is 9.84 Å². The molecule has 4 N–H and O–H groups in total. The second-order valence-corrected chi connectivity index (χ2v) is 8.24. The van der Waals surface area contributed by atoms with Gasteiger partial charge in [0.25, 0.3) is 0 Å². The topological polar surface area (TPSA) is 134 Å². The summed E-state index contributed by atoms with van der Waals surface area (Å²) in [5.41, 5.74) is 3.54. The maximum atomic E-state index is 12.9. The molecule has 1 atom stereocenters. The van der Waals surface area contributed by atoms with Gasteiger partial charge in [0, 0.05) is 41.5 Å².